The van der Waals surface area contributed by atoms with Gasteiger partial charge < -0.3 is 7.43 Å². The van der Waals surface area contributed by atoms with E-state index in [4.69, 9.17) is 9.98 Å². The molecule has 0 amide bonds. The Morgan fingerprint density at radius 3 is 1.19 bits per heavy atom. The maximum absolute atomic E-state index is 5.14. The standard InChI is InChI=1S/C32H32N2.CH3.Ni/c1-31(2,3)22-13-17-24(18-14-22)33-29-26-11-7-9-21-10-8-12-27(28(21)26)30(29)34-25-19-15-23(16-20-25)32(4,5)6;;/h7-20H,1-6H3;1H3;/q;-1;. The fourth-order valence-corrected chi connectivity index (χ4v) is 4.55. The smallest absolute Gasteiger partial charge is 0.0978 e. The zero-order chi connectivity index (χ0) is 24.1. The van der Waals surface area contributed by atoms with Crippen LogP contribution >= 0.6 is 0 Å². The Morgan fingerprint density at radius 2 is 0.861 bits per heavy atom. The molecule has 1 aliphatic carbocycles. The van der Waals surface area contributed by atoms with Gasteiger partial charge in [0.2, 0.25) is 0 Å². The van der Waals surface area contributed by atoms with Gasteiger partial charge in [-0.3, -0.25) is 0 Å². The van der Waals surface area contributed by atoms with Crippen molar-refractivity contribution in [1.29, 1.82) is 0 Å². The van der Waals surface area contributed by atoms with Gasteiger partial charge in [-0.15, -0.1) is 0 Å². The van der Waals surface area contributed by atoms with Crippen molar-refractivity contribution >= 4 is 33.6 Å². The summed E-state index contributed by atoms with van der Waals surface area (Å²) in [5, 5.41) is 2.46. The summed E-state index contributed by atoms with van der Waals surface area (Å²) in [6.07, 6.45) is 0. The average molecular weight is 518 g/mol. The Labute approximate surface area is 226 Å². The van der Waals surface area contributed by atoms with E-state index in [0.717, 1.165) is 33.9 Å². The van der Waals surface area contributed by atoms with Crippen LogP contribution in [0.1, 0.15) is 63.8 Å². The average Bonchev–Trinajstić information content (AvgIpc) is 3.08. The Hall–Kier alpha value is -3.03. The van der Waals surface area contributed by atoms with Crippen molar-refractivity contribution in [2.24, 2.45) is 9.98 Å². The second kappa shape index (κ2) is 10.1. The maximum Gasteiger partial charge on any atom is 0.0978 e. The van der Waals surface area contributed by atoms with Crippen LogP contribution in [0.2, 0.25) is 0 Å². The molecule has 5 rings (SSSR count). The number of aliphatic imine (C=N–C) groups is 2. The molecule has 4 aromatic carbocycles. The summed E-state index contributed by atoms with van der Waals surface area (Å²) >= 11 is 0. The van der Waals surface area contributed by atoms with Crippen LogP contribution in [0.3, 0.4) is 0 Å². The van der Waals surface area contributed by atoms with Gasteiger partial charge >= 0.3 is 0 Å². The minimum Gasteiger partial charge on any atom is -0.358 e. The predicted molar refractivity (Wildman–Crippen MR) is 153 cm³/mol. The molecule has 0 heterocycles. The van der Waals surface area contributed by atoms with Gasteiger partial charge in [0.1, 0.15) is 0 Å². The van der Waals surface area contributed by atoms with E-state index in [1.807, 2.05) is 0 Å². The van der Waals surface area contributed by atoms with E-state index >= 15 is 0 Å². The Balaban J connectivity index is 0.00000180. The fourth-order valence-electron chi connectivity index (χ4n) is 4.55. The molecule has 0 saturated carbocycles. The van der Waals surface area contributed by atoms with Crippen LogP contribution in [0.15, 0.2) is 94.9 Å². The molecular weight excluding hydrogens is 483 g/mol. The van der Waals surface area contributed by atoms with E-state index in [9.17, 15) is 0 Å². The second-order valence-electron chi connectivity index (χ2n) is 11.2. The van der Waals surface area contributed by atoms with E-state index < -0.39 is 0 Å². The third kappa shape index (κ3) is 5.23. The molecule has 36 heavy (non-hydrogen) atoms. The zero-order valence-electron chi connectivity index (χ0n) is 22.3. The van der Waals surface area contributed by atoms with E-state index in [2.05, 4.69) is 126 Å². The first kappa shape index (κ1) is 27.6. The minimum absolute atomic E-state index is 0. The quantitative estimate of drug-likeness (QED) is 0.187. The maximum atomic E-state index is 5.14. The molecular formula is C33H35N2Ni-. The third-order valence-electron chi connectivity index (χ3n) is 6.59. The summed E-state index contributed by atoms with van der Waals surface area (Å²) < 4.78 is 0. The number of rotatable bonds is 2. The first-order valence-corrected chi connectivity index (χ1v) is 12.0. The van der Waals surface area contributed by atoms with Gasteiger partial charge in [-0.05, 0) is 51.6 Å². The fraction of sp³-hybridized carbons (Fsp3) is 0.242. The van der Waals surface area contributed by atoms with Crippen molar-refractivity contribution in [3.63, 3.8) is 0 Å². The first-order valence-electron chi connectivity index (χ1n) is 12.0. The number of hydrogen-bond donors (Lipinski definition) is 0. The molecule has 4 aromatic rings. The molecule has 0 N–H and O–H groups in total. The summed E-state index contributed by atoms with van der Waals surface area (Å²) in [5.41, 5.74) is 8.93. The van der Waals surface area contributed by atoms with Crippen molar-refractivity contribution in [1.82, 2.24) is 0 Å². The largest absolute Gasteiger partial charge is 0.358 e. The molecule has 0 radical (unpaired) electrons. The summed E-state index contributed by atoms with van der Waals surface area (Å²) in [5.74, 6) is 0. The Kier molecular flexibility index (Phi) is 7.77. The van der Waals surface area contributed by atoms with Crippen molar-refractivity contribution in [3.05, 3.63) is 115 Å². The third-order valence-corrected chi connectivity index (χ3v) is 6.59. The van der Waals surface area contributed by atoms with Crippen molar-refractivity contribution < 1.29 is 16.5 Å². The molecule has 1 aliphatic rings. The van der Waals surface area contributed by atoms with E-state index in [1.165, 1.54) is 21.9 Å². The van der Waals surface area contributed by atoms with Gasteiger partial charge in [0.25, 0.3) is 0 Å². The zero-order valence-corrected chi connectivity index (χ0v) is 23.3. The van der Waals surface area contributed by atoms with Crippen LogP contribution in [-0.4, -0.2) is 11.4 Å². The van der Waals surface area contributed by atoms with Crippen molar-refractivity contribution in [2.75, 3.05) is 0 Å². The van der Waals surface area contributed by atoms with E-state index in [0.29, 0.717) is 0 Å². The summed E-state index contributed by atoms with van der Waals surface area (Å²) in [6, 6.07) is 30.1. The van der Waals surface area contributed by atoms with Crippen LogP contribution in [0.5, 0.6) is 0 Å². The number of hydrogen-bond acceptors (Lipinski definition) is 2. The molecule has 0 unspecified atom stereocenters. The van der Waals surface area contributed by atoms with E-state index in [1.54, 1.807) is 0 Å². The predicted octanol–water partition coefficient (Wildman–Crippen LogP) is 9.14. The molecule has 0 atom stereocenters. The Morgan fingerprint density at radius 1 is 0.500 bits per heavy atom. The van der Waals surface area contributed by atoms with Crippen molar-refractivity contribution in [3.8, 4) is 0 Å². The summed E-state index contributed by atoms with van der Waals surface area (Å²) in [7, 11) is 0. The monoisotopic (exact) mass is 517 g/mol. The van der Waals surface area contributed by atoms with Crippen LogP contribution in [-0.2, 0) is 27.3 Å². The number of benzene rings is 4. The normalized spacial score (nSPS) is 15.2. The van der Waals surface area contributed by atoms with Gasteiger partial charge in [-0.2, -0.15) is 0 Å². The summed E-state index contributed by atoms with van der Waals surface area (Å²) in [4.78, 5) is 10.3. The van der Waals surface area contributed by atoms with Gasteiger partial charge in [-0.1, -0.05) is 102 Å². The molecule has 0 bridgehead atoms. The minimum atomic E-state index is 0. The van der Waals surface area contributed by atoms with Gasteiger partial charge in [0, 0.05) is 33.0 Å². The molecule has 0 aliphatic heterocycles. The van der Waals surface area contributed by atoms with Crippen LogP contribution in [0.25, 0.3) is 10.8 Å². The van der Waals surface area contributed by atoms with Gasteiger partial charge in [0.05, 0.1) is 22.8 Å². The Bertz CT molecular complexity index is 1320. The SMILES string of the molecule is CC(C)(C)c1ccc(N=C2C(=Nc3ccc(C(C)(C)C)cc3)c3cccc4cccc2c34)cc1.[CH3-].[Ni]. The van der Waals surface area contributed by atoms with Crippen LogP contribution in [0, 0.1) is 7.43 Å². The second-order valence-corrected chi connectivity index (χ2v) is 11.2. The molecule has 2 nitrogen and oxygen atoms in total. The molecule has 3 heteroatoms. The number of nitrogens with zero attached hydrogens (tertiary/aromatic N) is 2. The summed E-state index contributed by atoms with van der Waals surface area (Å²) in [6.45, 7) is 13.4. The molecule has 0 saturated heterocycles. The van der Waals surface area contributed by atoms with Gasteiger partial charge in [0.15, 0.2) is 0 Å². The topological polar surface area (TPSA) is 24.7 Å². The van der Waals surface area contributed by atoms with Crippen LogP contribution < -0.4 is 0 Å². The molecule has 188 valence electrons. The first-order chi connectivity index (χ1) is 16.1. The van der Waals surface area contributed by atoms with E-state index in [-0.39, 0.29) is 34.7 Å². The molecule has 0 aromatic heterocycles. The molecule has 0 spiro atoms. The van der Waals surface area contributed by atoms with Crippen LogP contribution in [0.4, 0.5) is 11.4 Å². The van der Waals surface area contributed by atoms with Crippen molar-refractivity contribution in [2.45, 2.75) is 52.4 Å². The van der Waals surface area contributed by atoms with Gasteiger partial charge in [-0.25, -0.2) is 9.98 Å². The molecule has 0 fully saturated rings.